The summed E-state index contributed by atoms with van der Waals surface area (Å²) in [4.78, 5) is 25.0. The number of nitrogens with zero attached hydrogens (tertiary/aromatic N) is 2. The third kappa shape index (κ3) is 4.98. The van der Waals surface area contributed by atoms with Crippen LogP contribution >= 0.6 is 0 Å². The number of hydrogen-bond donors (Lipinski definition) is 0. The summed E-state index contributed by atoms with van der Waals surface area (Å²) in [6.45, 7) is -0.477. The van der Waals surface area contributed by atoms with Gasteiger partial charge in [0, 0.05) is 24.1 Å². The SMILES string of the molecule is COc1ccc(/C=C/C(=O)OCC(=O)N2N=C(c3ccco3)CC2c2ccco2)c(OC)c1. The number of benzene rings is 1. The molecule has 0 saturated carbocycles. The van der Waals surface area contributed by atoms with Crippen LogP contribution in [0.3, 0.4) is 0 Å². The van der Waals surface area contributed by atoms with E-state index in [1.54, 1.807) is 55.7 Å². The second kappa shape index (κ2) is 9.90. The molecule has 0 N–H and O–H groups in total. The monoisotopic (exact) mass is 450 g/mol. The summed E-state index contributed by atoms with van der Waals surface area (Å²) in [7, 11) is 3.07. The number of hydrogen-bond acceptors (Lipinski definition) is 8. The van der Waals surface area contributed by atoms with E-state index < -0.39 is 24.5 Å². The van der Waals surface area contributed by atoms with Crippen molar-refractivity contribution in [2.45, 2.75) is 12.5 Å². The largest absolute Gasteiger partial charge is 0.497 e. The Morgan fingerprint density at radius 1 is 1.12 bits per heavy atom. The van der Waals surface area contributed by atoms with Crippen molar-refractivity contribution in [3.8, 4) is 11.5 Å². The number of carbonyl (C=O) groups is 2. The summed E-state index contributed by atoms with van der Waals surface area (Å²) in [6, 6.07) is 11.8. The van der Waals surface area contributed by atoms with Gasteiger partial charge in [0.1, 0.15) is 34.8 Å². The first-order valence-electron chi connectivity index (χ1n) is 10.1. The molecule has 1 atom stereocenters. The molecule has 1 aliphatic rings. The van der Waals surface area contributed by atoms with Gasteiger partial charge in [0.05, 0.1) is 26.7 Å². The number of esters is 1. The Morgan fingerprint density at radius 3 is 2.64 bits per heavy atom. The van der Waals surface area contributed by atoms with Gasteiger partial charge in [-0.15, -0.1) is 0 Å². The van der Waals surface area contributed by atoms with Crippen LogP contribution in [0.1, 0.15) is 29.5 Å². The van der Waals surface area contributed by atoms with E-state index in [0.717, 1.165) is 0 Å². The first-order valence-corrected chi connectivity index (χ1v) is 10.1. The fourth-order valence-electron chi connectivity index (χ4n) is 3.40. The van der Waals surface area contributed by atoms with Crippen LogP contribution in [0, 0.1) is 0 Å². The zero-order chi connectivity index (χ0) is 23.2. The van der Waals surface area contributed by atoms with Gasteiger partial charge < -0.3 is 23.0 Å². The molecule has 0 bridgehead atoms. The molecule has 9 nitrogen and oxygen atoms in total. The zero-order valence-corrected chi connectivity index (χ0v) is 18.1. The fraction of sp³-hybridized carbons (Fsp3) is 0.208. The fourth-order valence-corrected chi connectivity index (χ4v) is 3.40. The maximum Gasteiger partial charge on any atom is 0.331 e. The third-order valence-corrected chi connectivity index (χ3v) is 5.02. The molecule has 0 radical (unpaired) electrons. The Morgan fingerprint density at radius 2 is 1.94 bits per heavy atom. The highest BCUT2D eigenvalue weighted by Gasteiger charge is 2.36. The molecule has 170 valence electrons. The van der Waals surface area contributed by atoms with Crippen LogP contribution in [0.2, 0.25) is 0 Å². The van der Waals surface area contributed by atoms with Crippen LogP contribution in [0.15, 0.2) is 75.0 Å². The van der Waals surface area contributed by atoms with Gasteiger partial charge in [0.2, 0.25) is 0 Å². The van der Waals surface area contributed by atoms with Crippen LogP contribution in [-0.4, -0.2) is 43.4 Å². The van der Waals surface area contributed by atoms with E-state index in [9.17, 15) is 9.59 Å². The Balaban J connectivity index is 1.41. The average molecular weight is 450 g/mol. The topological polar surface area (TPSA) is 104 Å². The number of amides is 1. The van der Waals surface area contributed by atoms with Gasteiger partial charge in [-0.3, -0.25) is 4.79 Å². The molecule has 2 aromatic heterocycles. The van der Waals surface area contributed by atoms with Gasteiger partial charge in [0.15, 0.2) is 6.61 Å². The van der Waals surface area contributed by atoms with Crippen LogP contribution < -0.4 is 9.47 Å². The number of carbonyl (C=O) groups excluding carboxylic acids is 2. The molecule has 3 aromatic rings. The van der Waals surface area contributed by atoms with Crippen molar-refractivity contribution in [2.24, 2.45) is 5.10 Å². The molecule has 0 saturated heterocycles. The molecule has 0 fully saturated rings. The first kappa shape index (κ1) is 21.9. The van der Waals surface area contributed by atoms with Gasteiger partial charge in [0.25, 0.3) is 5.91 Å². The van der Waals surface area contributed by atoms with E-state index in [1.165, 1.54) is 30.7 Å². The molecule has 4 rings (SSSR count). The van der Waals surface area contributed by atoms with Gasteiger partial charge in [-0.25, -0.2) is 9.80 Å². The molecule has 1 aliphatic heterocycles. The second-order valence-electron chi connectivity index (χ2n) is 7.05. The molecule has 0 spiro atoms. The van der Waals surface area contributed by atoms with Crippen molar-refractivity contribution in [3.05, 3.63) is 78.2 Å². The van der Waals surface area contributed by atoms with E-state index in [4.69, 9.17) is 23.0 Å². The minimum Gasteiger partial charge on any atom is -0.497 e. The standard InChI is InChI=1S/C24H22N2O7/c1-29-17-9-7-16(22(13-17)30-2)8-10-24(28)33-15-23(27)26-19(21-6-4-12-32-21)14-18(25-26)20-5-3-11-31-20/h3-13,19H,14-15H2,1-2H3/b10-8+. The molecule has 1 aromatic carbocycles. The average Bonchev–Trinajstić information content (AvgIpc) is 3.61. The van der Waals surface area contributed by atoms with Crippen molar-refractivity contribution >= 4 is 23.7 Å². The van der Waals surface area contributed by atoms with E-state index in [1.807, 2.05) is 0 Å². The molecular formula is C24H22N2O7. The molecule has 0 aliphatic carbocycles. The Hall–Kier alpha value is -4.27. The van der Waals surface area contributed by atoms with Crippen molar-refractivity contribution in [3.63, 3.8) is 0 Å². The smallest absolute Gasteiger partial charge is 0.331 e. The van der Waals surface area contributed by atoms with Gasteiger partial charge >= 0.3 is 5.97 Å². The predicted molar refractivity (Wildman–Crippen MR) is 118 cm³/mol. The highest BCUT2D eigenvalue weighted by atomic mass is 16.5. The van der Waals surface area contributed by atoms with Crippen molar-refractivity contribution < 1.29 is 32.6 Å². The Kier molecular flexibility index (Phi) is 6.58. The van der Waals surface area contributed by atoms with Gasteiger partial charge in [-0.05, 0) is 42.5 Å². The summed E-state index contributed by atoms with van der Waals surface area (Å²) < 4.78 is 26.5. The Bertz CT molecular complexity index is 1160. The van der Waals surface area contributed by atoms with E-state index >= 15 is 0 Å². The maximum atomic E-state index is 12.8. The minimum absolute atomic E-state index is 0.415. The van der Waals surface area contributed by atoms with Crippen molar-refractivity contribution in [1.82, 2.24) is 5.01 Å². The Labute approximate surface area is 189 Å². The van der Waals surface area contributed by atoms with E-state index in [2.05, 4.69) is 5.10 Å². The molecule has 1 amide bonds. The molecular weight excluding hydrogens is 428 g/mol. The lowest BCUT2D eigenvalue weighted by Gasteiger charge is -2.19. The quantitative estimate of drug-likeness (QED) is 0.380. The summed E-state index contributed by atoms with van der Waals surface area (Å²) >= 11 is 0. The van der Waals surface area contributed by atoms with Crippen LogP contribution in [0.25, 0.3) is 6.08 Å². The molecule has 3 heterocycles. The number of ether oxygens (including phenoxy) is 3. The van der Waals surface area contributed by atoms with Crippen molar-refractivity contribution in [2.75, 3.05) is 20.8 Å². The summed E-state index contributed by atoms with van der Waals surface area (Å²) in [5, 5.41) is 5.65. The summed E-state index contributed by atoms with van der Waals surface area (Å²) in [5.41, 5.74) is 1.26. The molecule has 33 heavy (non-hydrogen) atoms. The predicted octanol–water partition coefficient (Wildman–Crippen LogP) is 3.82. The second-order valence-corrected chi connectivity index (χ2v) is 7.05. The summed E-state index contributed by atoms with van der Waals surface area (Å²) in [5.74, 6) is 1.14. The zero-order valence-electron chi connectivity index (χ0n) is 18.1. The number of methoxy groups -OCH3 is 2. The molecule has 1 unspecified atom stereocenters. The maximum absolute atomic E-state index is 12.8. The first-order chi connectivity index (χ1) is 16.1. The minimum atomic E-state index is -0.676. The van der Waals surface area contributed by atoms with Crippen molar-refractivity contribution in [1.29, 1.82) is 0 Å². The lowest BCUT2D eigenvalue weighted by atomic mass is 10.1. The highest BCUT2D eigenvalue weighted by Crippen LogP contribution is 2.33. The van der Waals surface area contributed by atoms with Gasteiger partial charge in [-0.2, -0.15) is 5.10 Å². The highest BCUT2D eigenvalue weighted by molar-refractivity contribution is 6.01. The molecule has 9 heteroatoms. The van der Waals surface area contributed by atoms with Crippen LogP contribution in [0.4, 0.5) is 0 Å². The number of hydrazone groups is 1. The van der Waals surface area contributed by atoms with E-state index in [0.29, 0.717) is 40.7 Å². The van der Waals surface area contributed by atoms with Crippen LogP contribution in [0.5, 0.6) is 11.5 Å². The number of furan rings is 2. The summed E-state index contributed by atoms with van der Waals surface area (Å²) in [6.07, 6.45) is 6.25. The normalized spacial score (nSPS) is 15.5. The van der Waals surface area contributed by atoms with Crippen LogP contribution in [-0.2, 0) is 14.3 Å². The lowest BCUT2D eigenvalue weighted by molar-refractivity contribution is -0.149. The van der Waals surface area contributed by atoms with Gasteiger partial charge in [-0.1, -0.05) is 0 Å². The lowest BCUT2D eigenvalue weighted by Crippen LogP contribution is -2.31. The van der Waals surface area contributed by atoms with E-state index in [-0.39, 0.29) is 0 Å². The third-order valence-electron chi connectivity index (χ3n) is 5.02. The number of rotatable bonds is 8.